The summed E-state index contributed by atoms with van der Waals surface area (Å²) < 4.78 is 0. The summed E-state index contributed by atoms with van der Waals surface area (Å²) in [5.41, 5.74) is 4.42. The number of rotatable bonds is 5. The van der Waals surface area contributed by atoms with Crippen molar-refractivity contribution in [2.75, 3.05) is 6.61 Å². The molecule has 0 aliphatic carbocycles. The van der Waals surface area contributed by atoms with Crippen LogP contribution in [0.1, 0.15) is 40.4 Å². The SMILES string of the molecule is CCc1cc(C=O)cc(C)c1CCCO. The van der Waals surface area contributed by atoms with Crippen LogP contribution in [0, 0.1) is 6.92 Å². The van der Waals surface area contributed by atoms with Crippen LogP contribution in [-0.4, -0.2) is 18.0 Å². The molecule has 0 fully saturated rings. The van der Waals surface area contributed by atoms with Crippen molar-refractivity contribution in [1.29, 1.82) is 0 Å². The Kier molecular flexibility index (Phi) is 4.50. The van der Waals surface area contributed by atoms with Gasteiger partial charge in [0.25, 0.3) is 0 Å². The molecule has 0 aliphatic rings. The predicted octanol–water partition coefficient (Wildman–Crippen LogP) is 2.29. The van der Waals surface area contributed by atoms with Gasteiger partial charge in [0, 0.05) is 12.2 Å². The first-order valence-electron chi connectivity index (χ1n) is 5.41. The van der Waals surface area contributed by atoms with Crippen LogP contribution in [0.4, 0.5) is 0 Å². The fourth-order valence-electron chi connectivity index (χ4n) is 1.92. The molecule has 15 heavy (non-hydrogen) atoms. The third-order valence-corrected chi connectivity index (χ3v) is 2.69. The molecule has 0 atom stereocenters. The maximum absolute atomic E-state index is 10.7. The van der Waals surface area contributed by atoms with E-state index in [-0.39, 0.29) is 6.61 Å². The number of benzene rings is 1. The zero-order valence-electron chi connectivity index (χ0n) is 9.42. The van der Waals surface area contributed by atoms with E-state index in [9.17, 15) is 4.79 Å². The van der Waals surface area contributed by atoms with E-state index >= 15 is 0 Å². The summed E-state index contributed by atoms with van der Waals surface area (Å²) in [6.07, 6.45) is 3.50. The molecule has 0 aliphatic heterocycles. The Balaban J connectivity index is 3.06. The zero-order chi connectivity index (χ0) is 11.3. The number of aliphatic hydroxyl groups excluding tert-OH is 1. The number of carbonyl (C=O) groups is 1. The Morgan fingerprint density at radius 1 is 1.40 bits per heavy atom. The highest BCUT2D eigenvalue weighted by molar-refractivity contribution is 5.76. The highest BCUT2D eigenvalue weighted by Gasteiger charge is 2.06. The third-order valence-electron chi connectivity index (χ3n) is 2.69. The number of aldehydes is 1. The van der Waals surface area contributed by atoms with Crippen LogP contribution in [0.5, 0.6) is 0 Å². The molecule has 1 rings (SSSR count). The molecule has 82 valence electrons. The lowest BCUT2D eigenvalue weighted by Gasteiger charge is -2.11. The largest absolute Gasteiger partial charge is 0.396 e. The first-order chi connectivity index (χ1) is 7.22. The van der Waals surface area contributed by atoms with Crippen molar-refractivity contribution < 1.29 is 9.90 Å². The van der Waals surface area contributed by atoms with Crippen LogP contribution in [0.15, 0.2) is 12.1 Å². The van der Waals surface area contributed by atoms with Crippen molar-refractivity contribution in [1.82, 2.24) is 0 Å². The maximum atomic E-state index is 10.7. The average Bonchev–Trinajstić information content (AvgIpc) is 2.26. The fourth-order valence-corrected chi connectivity index (χ4v) is 1.92. The second-order valence-corrected chi connectivity index (χ2v) is 3.77. The summed E-state index contributed by atoms with van der Waals surface area (Å²) in [5, 5.41) is 8.83. The quantitative estimate of drug-likeness (QED) is 0.750. The molecule has 0 unspecified atom stereocenters. The molecule has 0 saturated heterocycles. The molecule has 0 amide bonds. The average molecular weight is 206 g/mol. The van der Waals surface area contributed by atoms with Crippen molar-refractivity contribution in [3.8, 4) is 0 Å². The van der Waals surface area contributed by atoms with E-state index in [2.05, 4.69) is 6.92 Å². The van der Waals surface area contributed by atoms with Gasteiger partial charge in [0.2, 0.25) is 0 Å². The monoisotopic (exact) mass is 206 g/mol. The molecule has 2 nitrogen and oxygen atoms in total. The molecule has 0 radical (unpaired) electrons. The number of aryl methyl sites for hydroxylation is 2. The van der Waals surface area contributed by atoms with E-state index in [4.69, 9.17) is 5.11 Å². The van der Waals surface area contributed by atoms with Gasteiger partial charge in [0.1, 0.15) is 6.29 Å². The molecule has 0 saturated carbocycles. The lowest BCUT2D eigenvalue weighted by Crippen LogP contribution is -2.00. The first-order valence-corrected chi connectivity index (χ1v) is 5.41. The minimum absolute atomic E-state index is 0.220. The first kappa shape index (κ1) is 11.9. The van der Waals surface area contributed by atoms with Crippen molar-refractivity contribution in [2.45, 2.75) is 33.1 Å². The highest BCUT2D eigenvalue weighted by Crippen LogP contribution is 2.19. The second-order valence-electron chi connectivity index (χ2n) is 3.77. The normalized spacial score (nSPS) is 10.3. The number of carbonyl (C=O) groups excluding carboxylic acids is 1. The van der Waals surface area contributed by atoms with Crippen LogP contribution >= 0.6 is 0 Å². The standard InChI is InChI=1S/C13H18O2/c1-3-12-8-11(9-15)7-10(2)13(12)5-4-6-14/h7-9,14H,3-6H2,1-2H3. The van der Waals surface area contributed by atoms with E-state index in [0.717, 1.165) is 36.7 Å². The molecule has 1 aromatic rings. The van der Waals surface area contributed by atoms with Crippen molar-refractivity contribution in [3.63, 3.8) is 0 Å². The molecule has 0 bridgehead atoms. The smallest absolute Gasteiger partial charge is 0.150 e. The van der Waals surface area contributed by atoms with Gasteiger partial charge in [-0.15, -0.1) is 0 Å². The Morgan fingerprint density at radius 3 is 2.67 bits per heavy atom. The molecule has 1 N–H and O–H groups in total. The summed E-state index contributed by atoms with van der Waals surface area (Å²) in [6, 6.07) is 3.87. The minimum Gasteiger partial charge on any atom is -0.396 e. The predicted molar refractivity (Wildman–Crippen MR) is 61.4 cm³/mol. The molecule has 0 heterocycles. The van der Waals surface area contributed by atoms with Crippen molar-refractivity contribution in [2.24, 2.45) is 0 Å². The maximum Gasteiger partial charge on any atom is 0.150 e. The van der Waals surface area contributed by atoms with E-state index < -0.39 is 0 Å². The molecule has 0 spiro atoms. The van der Waals surface area contributed by atoms with E-state index in [1.807, 2.05) is 19.1 Å². The van der Waals surface area contributed by atoms with E-state index in [0.29, 0.717) is 0 Å². The number of hydrogen-bond donors (Lipinski definition) is 1. The minimum atomic E-state index is 0.220. The summed E-state index contributed by atoms with van der Waals surface area (Å²) in [7, 11) is 0. The summed E-state index contributed by atoms with van der Waals surface area (Å²) >= 11 is 0. The van der Waals surface area contributed by atoms with Gasteiger partial charge in [-0.25, -0.2) is 0 Å². The van der Waals surface area contributed by atoms with Crippen molar-refractivity contribution in [3.05, 3.63) is 34.4 Å². The fraction of sp³-hybridized carbons (Fsp3) is 0.462. The number of aliphatic hydroxyl groups is 1. The van der Waals surface area contributed by atoms with Crippen LogP contribution in [0.3, 0.4) is 0 Å². The Bertz CT molecular complexity index is 343. The zero-order valence-corrected chi connectivity index (χ0v) is 9.42. The van der Waals surface area contributed by atoms with Crippen molar-refractivity contribution >= 4 is 6.29 Å². The summed E-state index contributed by atoms with van der Waals surface area (Å²) in [6.45, 7) is 4.34. The van der Waals surface area contributed by atoms with Gasteiger partial charge >= 0.3 is 0 Å². The van der Waals surface area contributed by atoms with E-state index in [1.54, 1.807) is 0 Å². The topological polar surface area (TPSA) is 37.3 Å². The summed E-state index contributed by atoms with van der Waals surface area (Å²) in [5.74, 6) is 0. The van der Waals surface area contributed by atoms with Gasteiger partial charge in [0.15, 0.2) is 0 Å². The van der Waals surface area contributed by atoms with Gasteiger partial charge < -0.3 is 5.11 Å². The van der Waals surface area contributed by atoms with Crippen LogP contribution < -0.4 is 0 Å². The number of hydrogen-bond acceptors (Lipinski definition) is 2. The molecule has 1 aromatic carbocycles. The van der Waals surface area contributed by atoms with Gasteiger partial charge in [-0.1, -0.05) is 6.92 Å². The second kappa shape index (κ2) is 5.66. The Hall–Kier alpha value is -1.15. The molecule has 0 aromatic heterocycles. The Labute approximate surface area is 90.9 Å². The molecule has 2 heteroatoms. The highest BCUT2D eigenvalue weighted by atomic mass is 16.2. The van der Waals surface area contributed by atoms with Gasteiger partial charge in [-0.2, -0.15) is 0 Å². The van der Waals surface area contributed by atoms with Crippen LogP contribution in [0.2, 0.25) is 0 Å². The van der Waals surface area contributed by atoms with Crippen LogP contribution in [-0.2, 0) is 12.8 Å². The third kappa shape index (κ3) is 2.90. The van der Waals surface area contributed by atoms with Gasteiger partial charge in [0.05, 0.1) is 0 Å². The summed E-state index contributed by atoms with van der Waals surface area (Å²) in [4.78, 5) is 10.7. The Morgan fingerprint density at radius 2 is 2.13 bits per heavy atom. The van der Waals surface area contributed by atoms with Crippen LogP contribution in [0.25, 0.3) is 0 Å². The molecular weight excluding hydrogens is 188 g/mol. The van der Waals surface area contributed by atoms with E-state index in [1.165, 1.54) is 11.1 Å². The van der Waals surface area contributed by atoms with Gasteiger partial charge in [-0.3, -0.25) is 4.79 Å². The van der Waals surface area contributed by atoms with Gasteiger partial charge in [-0.05, 0) is 55.0 Å². The molecular formula is C13H18O2. The lowest BCUT2D eigenvalue weighted by atomic mass is 9.94. The lowest BCUT2D eigenvalue weighted by molar-refractivity contribution is 0.112.